The zero-order valence-electron chi connectivity index (χ0n) is 12.6. The highest BCUT2D eigenvalue weighted by Crippen LogP contribution is 2.32. The average molecular weight is 280 g/mol. The monoisotopic (exact) mass is 280 g/mol. The predicted molar refractivity (Wildman–Crippen MR) is 79.3 cm³/mol. The molecule has 0 saturated carbocycles. The SMILES string of the molecule is COc1ccc(C(C)N2CCCC(C)C2CN)cc1F. The van der Waals surface area contributed by atoms with Crippen molar-refractivity contribution in [1.29, 1.82) is 0 Å². The standard InChI is InChI=1S/C16H25FN2O/c1-11-5-4-8-19(15(11)10-18)12(2)13-6-7-16(20-3)14(17)9-13/h6-7,9,11-12,15H,4-5,8,10,18H2,1-3H3. The van der Waals surface area contributed by atoms with Crippen molar-refractivity contribution in [3.05, 3.63) is 29.6 Å². The lowest BCUT2D eigenvalue weighted by molar-refractivity contribution is 0.0688. The van der Waals surface area contributed by atoms with Gasteiger partial charge in [-0.2, -0.15) is 0 Å². The molecule has 3 atom stereocenters. The predicted octanol–water partition coefficient (Wildman–Crippen LogP) is 2.95. The molecule has 3 nitrogen and oxygen atoms in total. The topological polar surface area (TPSA) is 38.5 Å². The van der Waals surface area contributed by atoms with Crippen LogP contribution in [0.2, 0.25) is 0 Å². The molecule has 1 aromatic carbocycles. The zero-order chi connectivity index (χ0) is 14.7. The van der Waals surface area contributed by atoms with E-state index >= 15 is 0 Å². The molecule has 1 saturated heterocycles. The van der Waals surface area contributed by atoms with Crippen LogP contribution in [0.15, 0.2) is 18.2 Å². The summed E-state index contributed by atoms with van der Waals surface area (Å²) in [6.07, 6.45) is 2.41. The number of halogens is 1. The average Bonchev–Trinajstić information content (AvgIpc) is 2.46. The van der Waals surface area contributed by atoms with Gasteiger partial charge in [0.2, 0.25) is 0 Å². The fourth-order valence-electron chi connectivity index (χ4n) is 3.26. The van der Waals surface area contributed by atoms with Crippen molar-refractivity contribution in [2.75, 3.05) is 20.2 Å². The molecule has 4 heteroatoms. The van der Waals surface area contributed by atoms with E-state index in [1.165, 1.54) is 20.0 Å². The maximum atomic E-state index is 13.9. The van der Waals surface area contributed by atoms with E-state index in [-0.39, 0.29) is 11.9 Å². The number of nitrogens with zero attached hydrogens (tertiary/aromatic N) is 1. The van der Waals surface area contributed by atoms with Crippen molar-refractivity contribution in [3.8, 4) is 5.75 Å². The van der Waals surface area contributed by atoms with E-state index in [2.05, 4.69) is 18.7 Å². The second-order valence-corrected chi connectivity index (χ2v) is 5.73. The number of likely N-dealkylation sites (tertiary alicyclic amines) is 1. The summed E-state index contributed by atoms with van der Waals surface area (Å²) in [6, 6.07) is 5.78. The first-order valence-corrected chi connectivity index (χ1v) is 7.37. The highest BCUT2D eigenvalue weighted by atomic mass is 19.1. The number of benzene rings is 1. The lowest BCUT2D eigenvalue weighted by atomic mass is 9.88. The summed E-state index contributed by atoms with van der Waals surface area (Å²) in [4.78, 5) is 2.41. The molecule has 0 aliphatic carbocycles. The Morgan fingerprint density at radius 1 is 1.50 bits per heavy atom. The molecule has 3 unspecified atom stereocenters. The third-order valence-electron chi connectivity index (χ3n) is 4.56. The largest absolute Gasteiger partial charge is 0.494 e. The van der Waals surface area contributed by atoms with Gasteiger partial charge in [0.05, 0.1) is 7.11 Å². The van der Waals surface area contributed by atoms with Gasteiger partial charge in [-0.1, -0.05) is 13.0 Å². The van der Waals surface area contributed by atoms with Crippen LogP contribution < -0.4 is 10.5 Å². The maximum Gasteiger partial charge on any atom is 0.165 e. The molecule has 2 N–H and O–H groups in total. The molecule has 1 heterocycles. The number of hydrogen-bond donors (Lipinski definition) is 1. The molecular formula is C16H25FN2O. The van der Waals surface area contributed by atoms with Gasteiger partial charge in [0.15, 0.2) is 11.6 Å². The maximum absolute atomic E-state index is 13.9. The van der Waals surface area contributed by atoms with E-state index < -0.39 is 0 Å². The zero-order valence-corrected chi connectivity index (χ0v) is 12.6. The Labute approximate surface area is 120 Å². The van der Waals surface area contributed by atoms with Crippen molar-refractivity contribution in [1.82, 2.24) is 4.90 Å². The Hall–Kier alpha value is -1.13. The van der Waals surface area contributed by atoms with Crippen molar-refractivity contribution < 1.29 is 9.13 Å². The van der Waals surface area contributed by atoms with Crippen LogP contribution in [0, 0.1) is 11.7 Å². The number of rotatable bonds is 4. The van der Waals surface area contributed by atoms with Crippen LogP contribution >= 0.6 is 0 Å². The number of ether oxygens (including phenoxy) is 1. The van der Waals surface area contributed by atoms with Crippen LogP contribution in [-0.4, -0.2) is 31.1 Å². The Kier molecular flexibility index (Phi) is 5.00. The first kappa shape index (κ1) is 15.3. The van der Waals surface area contributed by atoms with Crippen LogP contribution in [0.1, 0.15) is 38.3 Å². The summed E-state index contributed by atoms with van der Waals surface area (Å²) >= 11 is 0. The smallest absolute Gasteiger partial charge is 0.165 e. The Balaban J connectivity index is 2.21. The van der Waals surface area contributed by atoms with Crippen molar-refractivity contribution in [2.45, 2.75) is 38.8 Å². The molecular weight excluding hydrogens is 255 g/mol. The second-order valence-electron chi connectivity index (χ2n) is 5.73. The quantitative estimate of drug-likeness (QED) is 0.921. The van der Waals surface area contributed by atoms with Gasteiger partial charge in [0.1, 0.15) is 0 Å². The van der Waals surface area contributed by atoms with Crippen molar-refractivity contribution in [3.63, 3.8) is 0 Å². The number of nitrogens with two attached hydrogens (primary N) is 1. The third kappa shape index (κ3) is 2.96. The van der Waals surface area contributed by atoms with E-state index in [9.17, 15) is 4.39 Å². The van der Waals surface area contributed by atoms with Crippen molar-refractivity contribution in [2.24, 2.45) is 11.7 Å². The Morgan fingerprint density at radius 3 is 2.85 bits per heavy atom. The van der Waals surface area contributed by atoms with E-state index in [1.807, 2.05) is 6.07 Å². The summed E-state index contributed by atoms with van der Waals surface area (Å²) in [7, 11) is 1.48. The molecule has 1 aromatic rings. The van der Waals surface area contributed by atoms with E-state index in [0.717, 1.165) is 12.1 Å². The first-order valence-electron chi connectivity index (χ1n) is 7.37. The molecule has 2 rings (SSSR count). The van der Waals surface area contributed by atoms with Gasteiger partial charge in [-0.15, -0.1) is 0 Å². The third-order valence-corrected chi connectivity index (χ3v) is 4.56. The molecule has 20 heavy (non-hydrogen) atoms. The number of piperidine rings is 1. The van der Waals surface area contributed by atoms with Gasteiger partial charge in [-0.05, 0) is 49.9 Å². The highest BCUT2D eigenvalue weighted by Gasteiger charge is 2.31. The van der Waals surface area contributed by atoms with Crippen molar-refractivity contribution >= 4 is 0 Å². The molecule has 0 bridgehead atoms. The molecule has 0 spiro atoms. The lowest BCUT2D eigenvalue weighted by Crippen LogP contribution is -2.49. The second kappa shape index (κ2) is 6.55. The van der Waals surface area contributed by atoms with E-state index in [1.54, 1.807) is 12.1 Å². The molecule has 112 valence electrons. The van der Waals surface area contributed by atoms with Crippen LogP contribution in [-0.2, 0) is 0 Å². The summed E-state index contributed by atoms with van der Waals surface area (Å²) in [5.74, 6) is 0.592. The summed E-state index contributed by atoms with van der Waals surface area (Å²) in [6.45, 7) is 6.07. The van der Waals surface area contributed by atoms with Gasteiger partial charge in [0.25, 0.3) is 0 Å². The normalized spacial score (nSPS) is 25.4. The molecule has 0 aromatic heterocycles. The Bertz CT molecular complexity index is 452. The minimum absolute atomic E-state index is 0.173. The lowest BCUT2D eigenvalue weighted by Gasteiger charge is -2.43. The van der Waals surface area contributed by atoms with Gasteiger partial charge in [-0.3, -0.25) is 4.90 Å². The summed E-state index contributed by atoms with van der Waals surface area (Å²) < 4.78 is 18.8. The van der Waals surface area contributed by atoms with Gasteiger partial charge in [0, 0.05) is 18.6 Å². The summed E-state index contributed by atoms with van der Waals surface area (Å²) in [5.41, 5.74) is 6.92. The molecule has 1 aliphatic heterocycles. The molecule has 1 fully saturated rings. The van der Waals surface area contributed by atoms with Gasteiger partial charge in [-0.25, -0.2) is 4.39 Å². The Morgan fingerprint density at radius 2 is 2.25 bits per heavy atom. The molecule has 1 aliphatic rings. The number of hydrogen-bond acceptors (Lipinski definition) is 3. The highest BCUT2D eigenvalue weighted by molar-refractivity contribution is 5.31. The van der Waals surface area contributed by atoms with Crippen LogP contribution in [0.25, 0.3) is 0 Å². The van der Waals surface area contributed by atoms with Crippen LogP contribution in [0.5, 0.6) is 5.75 Å². The molecule has 0 amide bonds. The van der Waals surface area contributed by atoms with Crippen LogP contribution in [0.4, 0.5) is 4.39 Å². The minimum Gasteiger partial charge on any atom is -0.494 e. The van der Waals surface area contributed by atoms with Crippen LogP contribution in [0.3, 0.4) is 0 Å². The summed E-state index contributed by atoms with van der Waals surface area (Å²) in [5, 5.41) is 0. The van der Waals surface area contributed by atoms with Gasteiger partial charge < -0.3 is 10.5 Å². The number of methoxy groups -OCH3 is 1. The molecule has 0 radical (unpaired) electrons. The minimum atomic E-state index is -0.300. The van der Waals surface area contributed by atoms with E-state index in [0.29, 0.717) is 24.3 Å². The van der Waals surface area contributed by atoms with E-state index in [4.69, 9.17) is 10.5 Å². The fourth-order valence-corrected chi connectivity index (χ4v) is 3.26. The fraction of sp³-hybridized carbons (Fsp3) is 0.625. The first-order chi connectivity index (χ1) is 9.58. The van der Waals surface area contributed by atoms with Gasteiger partial charge >= 0.3 is 0 Å².